The Labute approximate surface area is 634 Å². The Kier molecular flexibility index (Phi) is 80.0. The zero-order valence-corrected chi connectivity index (χ0v) is 69.2. The summed E-state index contributed by atoms with van der Waals surface area (Å²) in [6, 6.07) is 0. The van der Waals surface area contributed by atoms with Gasteiger partial charge in [-0.2, -0.15) is 0 Å². The molecule has 0 aromatic carbocycles. The van der Waals surface area contributed by atoms with E-state index in [0.29, 0.717) is 17.4 Å². The van der Waals surface area contributed by atoms with Gasteiger partial charge in [0, 0.05) is 12.8 Å². The van der Waals surface area contributed by atoms with Crippen molar-refractivity contribution in [2.24, 2.45) is 0 Å². The predicted octanol–water partition coefficient (Wildman–Crippen LogP) is 29.3. The molecule has 2 unspecified atom stereocenters. The second kappa shape index (κ2) is 82.3. The molecule has 0 radical (unpaired) electrons. The molecule has 9 nitrogen and oxygen atoms in total. The molecule has 0 aromatic heterocycles. The van der Waals surface area contributed by atoms with Crippen molar-refractivity contribution in [1.29, 1.82) is 0 Å². The first-order chi connectivity index (χ1) is 50.0. The first-order valence-corrected chi connectivity index (χ1v) is 45.8. The number of quaternary nitrogens is 1. The summed E-state index contributed by atoms with van der Waals surface area (Å²) in [5, 5.41) is 0. The third-order valence-electron chi connectivity index (χ3n) is 19.9. The van der Waals surface area contributed by atoms with Crippen LogP contribution in [-0.2, 0) is 32.7 Å². The third-order valence-corrected chi connectivity index (χ3v) is 20.9. The summed E-state index contributed by atoms with van der Waals surface area (Å²) in [6.07, 6.45) is 115. The minimum Gasteiger partial charge on any atom is -0.756 e. The molecule has 2 atom stereocenters. The molecule has 0 aliphatic rings. The van der Waals surface area contributed by atoms with Crippen molar-refractivity contribution in [2.75, 3.05) is 47.5 Å². The van der Waals surface area contributed by atoms with Gasteiger partial charge in [0.05, 0.1) is 27.7 Å². The molecular weight excluding hydrogens is 1280 g/mol. The number of phosphoric ester groups is 1. The number of ether oxygens (including phenoxy) is 2. The number of esters is 2. The van der Waals surface area contributed by atoms with Gasteiger partial charge in [-0.3, -0.25) is 14.2 Å². The molecular formula is C92H170NO8P. The van der Waals surface area contributed by atoms with Crippen LogP contribution in [0.15, 0.2) is 85.1 Å². The van der Waals surface area contributed by atoms with E-state index in [1.54, 1.807) is 0 Å². The molecule has 0 aliphatic carbocycles. The van der Waals surface area contributed by atoms with E-state index < -0.39 is 26.5 Å². The van der Waals surface area contributed by atoms with Crippen LogP contribution in [0.2, 0.25) is 0 Å². The highest BCUT2D eigenvalue weighted by Gasteiger charge is 2.22. The minimum absolute atomic E-state index is 0.0288. The lowest BCUT2D eigenvalue weighted by Crippen LogP contribution is -2.37. The molecule has 596 valence electrons. The molecule has 0 spiro atoms. The Morgan fingerprint density at radius 3 is 0.833 bits per heavy atom. The lowest BCUT2D eigenvalue weighted by Gasteiger charge is -2.28. The zero-order chi connectivity index (χ0) is 74.0. The molecule has 0 bridgehead atoms. The normalized spacial score (nSPS) is 13.4. The smallest absolute Gasteiger partial charge is 0.306 e. The number of likely N-dealkylation sites (N-methyl/N-ethyl adjacent to an activating group) is 1. The number of carbonyl (C=O) groups is 2. The fourth-order valence-corrected chi connectivity index (χ4v) is 13.9. The summed E-state index contributed by atoms with van der Waals surface area (Å²) in [4.78, 5) is 38.3. The second-order valence-corrected chi connectivity index (χ2v) is 32.6. The topological polar surface area (TPSA) is 111 Å². The van der Waals surface area contributed by atoms with Gasteiger partial charge >= 0.3 is 11.9 Å². The largest absolute Gasteiger partial charge is 0.756 e. The van der Waals surface area contributed by atoms with Crippen molar-refractivity contribution in [3.8, 4) is 0 Å². The van der Waals surface area contributed by atoms with Crippen LogP contribution in [0, 0.1) is 0 Å². The van der Waals surface area contributed by atoms with E-state index in [9.17, 15) is 19.0 Å². The highest BCUT2D eigenvalue weighted by molar-refractivity contribution is 7.45. The van der Waals surface area contributed by atoms with Gasteiger partial charge in [0.15, 0.2) is 6.10 Å². The number of rotatable bonds is 83. The van der Waals surface area contributed by atoms with Crippen molar-refractivity contribution < 1.29 is 42.1 Å². The molecule has 0 aromatic rings. The van der Waals surface area contributed by atoms with Crippen molar-refractivity contribution in [2.45, 2.75) is 444 Å². The number of phosphoric acid groups is 1. The summed E-state index contributed by atoms with van der Waals surface area (Å²) in [5.74, 6) is -0.809. The van der Waals surface area contributed by atoms with Gasteiger partial charge in [-0.25, -0.2) is 0 Å². The van der Waals surface area contributed by atoms with Crippen molar-refractivity contribution in [3.05, 3.63) is 85.1 Å². The van der Waals surface area contributed by atoms with Gasteiger partial charge in [0.1, 0.15) is 19.8 Å². The Hall–Kier alpha value is -2.81. The van der Waals surface area contributed by atoms with E-state index in [0.717, 1.165) is 70.6 Å². The molecule has 0 N–H and O–H groups in total. The molecule has 0 amide bonds. The number of hydrogen-bond donors (Lipinski definition) is 0. The van der Waals surface area contributed by atoms with Crippen LogP contribution in [-0.4, -0.2) is 70.0 Å². The molecule has 0 saturated heterocycles. The van der Waals surface area contributed by atoms with Crippen molar-refractivity contribution in [1.82, 2.24) is 0 Å². The van der Waals surface area contributed by atoms with Crippen molar-refractivity contribution >= 4 is 19.8 Å². The molecule has 10 heteroatoms. The fraction of sp³-hybridized carbons (Fsp3) is 0.826. The standard InChI is InChI=1S/C92H170NO8P/c1-6-8-10-12-14-16-18-20-22-24-26-28-30-32-34-36-38-40-42-44-45-46-47-49-51-53-55-57-59-61-63-65-67-69-71-73-75-77-79-81-83-85-92(95)101-90(89-100-102(96,97)99-87-86-93(3,4)5)88-98-91(94)84-82-80-78-76-74-72-70-68-66-64-62-60-58-56-54-52-50-48-43-41-39-37-35-33-31-29-27-25-23-21-19-17-15-13-11-9-7-2/h8,10,14,16,19-22,25-28,31,33,90H,6-7,9,11-13,15,17-18,23-24,29-30,32,34-89H2,1-5H3/b10-8-,16-14-,21-19-,22-20-,27-25-,28-26-,33-31-. The SMILES string of the molecule is CC/C=C\C/C=C\C/C=C\C/C=C\CCCCCCCCCCCCCCCCCCCCCCCCCCCCCCC(=O)OC(COC(=O)CCCCCCCCCCCCCCCCCCCCCCCC/C=C\C/C=C\C/C=C\CCCCCCC)COP(=O)([O-])OCC[N+](C)(C)C. The van der Waals surface area contributed by atoms with Crippen molar-refractivity contribution in [3.63, 3.8) is 0 Å². The maximum absolute atomic E-state index is 12.9. The first kappa shape index (κ1) is 99.2. The van der Waals surface area contributed by atoms with Crippen LogP contribution in [0.4, 0.5) is 0 Å². The lowest BCUT2D eigenvalue weighted by atomic mass is 10.0. The van der Waals surface area contributed by atoms with Gasteiger partial charge in [-0.15, -0.1) is 0 Å². The Bertz CT molecular complexity index is 2000. The third kappa shape index (κ3) is 86.1. The van der Waals surface area contributed by atoms with E-state index in [-0.39, 0.29) is 32.0 Å². The Balaban J connectivity index is 3.86. The van der Waals surface area contributed by atoms with Crippen LogP contribution >= 0.6 is 7.82 Å². The van der Waals surface area contributed by atoms with E-state index >= 15 is 0 Å². The number of carbonyl (C=O) groups excluding carboxylic acids is 2. The maximum Gasteiger partial charge on any atom is 0.306 e. The first-order valence-electron chi connectivity index (χ1n) is 44.3. The quantitative estimate of drug-likeness (QED) is 0.0195. The lowest BCUT2D eigenvalue weighted by molar-refractivity contribution is -0.870. The second-order valence-electron chi connectivity index (χ2n) is 31.2. The average molecular weight is 1450 g/mol. The molecule has 102 heavy (non-hydrogen) atoms. The molecule has 0 heterocycles. The van der Waals surface area contributed by atoms with E-state index in [2.05, 4.69) is 98.9 Å². The number of allylic oxidation sites excluding steroid dienone is 14. The highest BCUT2D eigenvalue weighted by Crippen LogP contribution is 2.38. The Morgan fingerprint density at radius 1 is 0.314 bits per heavy atom. The predicted molar refractivity (Wildman–Crippen MR) is 443 cm³/mol. The number of nitrogens with zero attached hydrogens (tertiary/aromatic N) is 1. The number of hydrogen-bond acceptors (Lipinski definition) is 8. The summed E-state index contributed by atoms with van der Waals surface area (Å²) in [6.45, 7) is 4.19. The average Bonchev–Trinajstić information content (AvgIpc) is 0.916. The highest BCUT2D eigenvalue weighted by atomic mass is 31.2. The molecule has 0 fully saturated rings. The molecule has 0 aliphatic heterocycles. The van der Waals surface area contributed by atoms with Gasteiger partial charge < -0.3 is 27.9 Å². The van der Waals surface area contributed by atoms with Crippen LogP contribution in [0.1, 0.15) is 438 Å². The summed E-state index contributed by atoms with van der Waals surface area (Å²) in [7, 11) is 1.19. The van der Waals surface area contributed by atoms with E-state index in [4.69, 9.17) is 18.5 Å². The summed E-state index contributed by atoms with van der Waals surface area (Å²) < 4.78 is 34.5. The Morgan fingerprint density at radius 2 is 0.559 bits per heavy atom. The molecule has 0 rings (SSSR count). The van der Waals surface area contributed by atoms with Crippen LogP contribution in [0.3, 0.4) is 0 Å². The van der Waals surface area contributed by atoms with Gasteiger partial charge in [-0.05, 0) is 89.9 Å². The minimum atomic E-state index is -4.65. The summed E-state index contributed by atoms with van der Waals surface area (Å²) in [5.41, 5.74) is 0. The van der Waals surface area contributed by atoms with E-state index in [1.165, 1.54) is 334 Å². The summed E-state index contributed by atoms with van der Waals surface area (Å²) >= 11 is 0. The van der Waals surface area contributed by atoms with Gasteiger partial charge in [0.25, 0.3) is 7.82 Å². The zero-order valence-electron chi connectivity index (χ0n) is 68.3. The van der Waals surface area contributed by atoms with Crippen LogP contribution in [0.25, 0.3) is 0 Å². The van der Waals surface area contributed by atoms with Gasteiger partial charge in [-0.1, -0.05) is 420 Å². The maximum atomic E-state index is 12.9. The monoisotopic (exact) mass is 1450 g/mol. The van der Waals surface area contributed by atoms with E-state index in [1.807, 2.05) is 21.1 Å². The molecule has 0 saturated carbocycles. The number of unbranched alkanes of at least 4 members (excludes halogenated alkanes) is 55. The van der Waals surface area contributed by atoms with Crippen LogP contribution in [0.5, 0.6) is 0 Å². The van der Waals surface area contributed by atoms with Crippen LogP contribution < -0.4 is 4.89 Å². The fourth-order valence-electron chi connectivity index (χ4n) is 13.2. The van der Waals surface area contributed by atoms with Gasteiger partial charge in [0.2, 0.25) is 0 Å².